The van der Waals surface area contributed by atoms with E-state index >= 15 is 0 Å². The molecule has 0 saturated carbocycles. The Labute approximate surface area is 121 Å². The van der Waals surface area contributed by atoms with Crippen LogP contribution in [0.15, 0.2) is 6.07 Å². The Bertz CT molecular complexity index is 439. The molecule has 1 aromatic heterocycles. The summed E-state index contributed by atoms with van der Waals surface area (Å²) < 4.78 is 5.41. The molecule has 2 saturated heterocycles. The van der Waals surface area contributed by atoms with E-state index in [9.17, 15) is 0 Å². The number of aryl methyl sites for hydroxylation is 2. The molecule has 2 aliphatic heterocycles. The number of hydrogen-bond donors (Lipinski definition) is 0. The van der Waals surface area contributed by atoms with Gasteiger partial charge in [-0.2, -0.15) is 0 Å². The smallest absolute Gasteiger partial charge is 0.132 e. The van der Waals surface area contributed by atoms with Gasteiger partial charge in [0.15, 0.2) is 0 Å². The van der Waals surface area contributed by atoms with E-state index in [4.69, 9.17) is 4.74 Å². The number of aromatic nitrogens is 2. The fourth-order valence-corrected chi connectivity index (χ4v) is 3.20. The van der Waals surface area contributed by atoms with Crippen molar-refractivity contribution in [2.75, 3.05) is 50.8 Å². The zero-order valence-corrected chi connectivity index (χ0v) is 12.5. The number of ether oxygens (including phenoxy) is 1. The summed E-state index contributed by atoms with van der Waals surface area (Å²) in [7, 11) is 0. The third kappa shape index (κ3) is 3.27. The molecule has 0 aliphatic carbocycles. The van der Waals surface area contributed by atoms with E-state index < -0.39 is 0 Å². The summed E-state index contributed by atoms with van der Waals surface area (Å²) in [5, 5.41) is 0. The Morgan fingerprint density at radius 1 is 1.20 bits per heavy atom. The molecule has 2 aliphatic rings. The summed E-state index contributed by atoms with van der Waals surface area (Å²) in [5.74, 6) is 2.72. The molecule has 1 atom stereocenters. The predicted octanol–water partition coefficient (Wildman–Crippen LogP) is 1.25. The second-order valence-corrected chi connectivity index (χ2v) is 5.93. The zero-order valence-electron chi connectivity index (χ0n) is 12.5. The van der Waals surface area contributed by atoms with Crippen LogP contribution < -0.4 is 4.90 Å². The molecule has 0 bridgehead atoms. The number of anilines is 1. The van der Waals surface area contributed by atoms with Crippen LogP contribution in [0.4, 0.5) is 5.82 Å². The quantitative estimate of drug-likeness (QED) is 0.831. The predicted molar refractivity (Wildman–Crippen MR) is 79.1 cm³/mol. The van der Waals surface area contributed by atoms with Crippen molar-refractivity contribution in [3.05, 3.63) is 17.6 Å². The van der Waals surface area contributed by atoms with Gasteiger partial charge in [-0.25, -0.2) is 9.97 Å². The molecule has 0 unspecified atom stereocenters. The Hall–Kier alpha value is -1.20. The van der Waals surface area contributed by atoms with Gasteiger partial charge in [-0.15, -0.1) is 0 Å². The van der Waals surface area contributed by atoms with Gasteiger partial charge in [0.05, 0.1) is 13.2 Å². The van der Waals surface area contributed by atoms with Crippen molar-refractivity contribution in [2.45, 2.75) is 20.3 Å². The molecule has 3 heterocycles. The first-order valence-electron chi connectivity index (χ1n) is 7.58. The van der Waals surface area contributed by atoms with E-state index in [-0.39, 0.29) is 0 Å². The highest BCUT2D eigenvalue weighted by atomic mass is 16.5. The normalized spacial score (nSPS) is 24.3. The van der Waals surface area contributed by atoms with Crippen LogP contribution in [0.3, 0.4) is 0 Å². The third-order valence-electron chi connectivity index (χ3n) is 4.18. The van der Waals surface area contributed by atoms with Crippen LogP contribution in [0.25, 0.3) is 0 Å². The van der Waals surface area contributed by atoms with Crippen molar-refractivity contribution in [3.63, 3.8) is 0 Å². The fourth-order valence-electron chi connectivity index (χ4n) is 3.20. The molecule has 3 rings (SSSR count). The third-order valence-corrected chi connectivity index (χ3v) is 4.18. The van der Waals surface area contributed by atoms with Gasteiger partial charge in [-0.3, -0.25) is 4.90 Å². The van der Waals surface area contributed by atoms with Crippen molar-refractivity contribution in [1.29, 1.82) is 0 Å². The van der Waals surface area contributed by atoms with E-state index in [2.05, 4.69) is 25.8 Å². The van der Waals surface area contributed by atoms with E-state index in [1.807, 2.05) is 13.8 Å². The number of nitrogens with zero attached hydrogens (tertiary/aromatic N) is 4. The van der Waals surface area contributed by atoms with E-state index in [1.54, 1.807) is 0 Å². The van der Waals surface area contributed by atoms with Crippen molar-refractivity contribution < 1.29 is 4.74 Å². The van der Waals surface area contributed by atoms with Crippen LogP contribution in [-0.4, -0.2) is 60.8 Å². The molecule has 5 heteroatoms. The summed E-state index contributed by atoms with van der Waals surface area (Å²) in [6.07, 6.45) is 1.26. The molecule has 5 nitrogen and oxygen atoms in total. The summed E-state index contributed by atoms with van der Waals surface area (Å²) in [4.78, 5) is 13.9. The van der Waals surface area contributed by atoms with Gasteiger partial charge in [0.25, 0.3) is 0 Å². The van der Waals surface area contributed by atoms with Gasteiger partial charge < -0.3 is 9.64 Å². The van der Waals surface area contributed by atoms with Gasteiger partial charge in [0.2, 0.25) is 0 Å². The van der Waals surface area contributed by atoms with Crippen molar-refractivity contribution in [2.24, 2.45) is 5.92 Å². The van der Waals surface area contributed by atoms with Crippen molar-refractivity contribution in [1.82, 2.24) is 14.9 Å². The summed E-state index contributed by atoms with van der Waals surface area (Å²) in [6, 6.07) is 2.10. The molecule has 0 amide bonds. The lowest BCUT2D eigenvalue weighted by Gasteiger charge is -2.29. The number of hydrogen-bond acceptors (Lipinski definition) is 5. The van der Waals surface area contributed by atoms with Gasteiger partial charge in [-0.1, -0.05) is 0 Å². The minimum absolute atomic E-state index is 0.753. The van der Waals surface area contributed by atoms with Crippen LogP contribution in [-0.2, 0) is 4.74 Å². The van der Waals surface area contributed by atoms with Gasteiger partial charge in [0, 0.05) is 44.5 Å². The van der Waals surface area contributed by atoms with Gasteiger partial charge in [-0.05, 0) is 26.2 Å². The molecule has 110 valence electrons. The standard InChI is InChI=1S/C15H24N4O/c1-12-9-15(17-13(2)16-12)19-4-3-14(11-19)10-18-5-7-20-8-6-18/h9,14H,3-8,10-11H2,1-2H3/t14-/m1/s1. The molecular weight excluding hydrogens is 252 g/mol. The molecule has 2 fully saturated rings. The lowest BCUT2D eigenvalue weighted by atomic mass is 10.1. The van der Waals surface area contributed by atoms with E-state index in [0.717, 1.165) is 62.6 Å². The second-order valence-electron chi connectivity index (χ2n) is 5.93. The lowest BCUT2D eigenvalue weighted by molar-refractivity contribution is 0.0320. The van der Waals surface area contributed by atoms with Crippen molar-refractivity contribution in [3.8, 4) is 0 Å². The summed E-state index contributed by atoms with van der Waals surface area (Å²) in [5.41, 5.74) is 1.06. The average molecular weight is 276 g/mol. The minimum atomic E-state index is 0.753. The minimum Gasteiger partial charge on any atom is -0.379 e. The maximum atomic E-state index is 5.41. The molecule has 0 spiro atoms. The highest BCUT2D eigenvalue weighted by molar-refractivity contribution is 5.40. The number of rotatable bonds is 3. The van der Waals surface area contributed by atoms with Crippen molar-refractivity contribution >= 4 is 5.82 Å². The highest BCUT2D eigenvalue weighted by Crippen LogP contribution is 2.23. The first-order chi connectivity index (χ1) is 9.70. The van der Waals surface area contributed by atoms with Gasteiger partial charge >= 0.3 is 0 Å². The van der Waals surface area contributed by atoms with Crippen LogP contribution in [0, 0.1) is 19.8 Å². The first-order valence-corrected chi connectivity index (χ1v) is 7.58. The molecular formula is C15H24N4O. The number of morpholine rings is 1. The first kappa shape index (κ1) is 13.8. The Morgan fingerprint density at radius 2 is 2.00 bits per heavy atom. The zero-order chi connectivity index (χ0) is 13.9. The summed E-state index contributed by atoms with van der Waals surface area (Å²) >= 11 is 0. The monoisotopic (exact) mass is 276 g/mol. The largest absolute Gasteiger partial charge is 0.379 e. The Balaban J connectivity index is 1.58. The van der Waals surface area contributed by atoms with E-state index in [0.29, 0.717) is 0 Å². The van der Waals surface area contributed by atoms with Crippen LogP contribution in [0.5, 0.6) is 0 Å². The van der Waals surface area contributed by atoms with E-state index in [1.165, 1.54) is 13.0 Å². The average Bonchev–Trinajstić information content (AvgIpc) is 2.87. The maximum Gasteiger partial charge on any atom is 0.132 e. The fraction of sp³-hybridized carbons (Fsp3) is 0.733. The van der Waals surface area contributed by atoms with Crippen LogP contribution in [0.1, 0.15) is 17.9 Å². The molecule has 0 radical (unpaired) electrons. The Kier molecular flexibility index (Phi) is 4.17. The SMILES string of the molecule is Cc1cc(N2CC[C@H](CN3CCOCC3)C2)nc(C)n1. The lowest BCUT2D eigenvalue weighted by Crippen LogP contribution is -2.39. The van der Waals surface area contributed by atoms with Gasteiger partial charge in [0.1, 0.15) is 11.6 Å². The Morgan fingerprint density at radius 3 is 2.75 bits per heavy atom. The van der Waals surface area contributed by atoms with Crippen LogP contribution in [0.2, 0.25) is 0 Å². The second kappa shape index (κ2) is 6.06. The molecule has 20 heavy (non-hydrogen) atoms. The molecule has 0 N–H and O–H groups in total. The maximum absolute atomic E-state index is 5.41. The molecule has 0 aromatic carbocycles. The van der Waals surface area contributed by atoms with Crippen LogP contribution >= 0.6 is 0 Å². The topological polar surface area (TPSA) is 41.5 Å². The summed E-state index contributed by atoms with van der Waals surface area (Å²) in [6.45, 7) is 11.4. The molecule has 1 aromatic rings. The highest BCUT2D eigenvalue weighted by Gasteiger charge is 2.26.